The average molecular weight is 455 g/mol. The molecule has 1 aliphatic rings. The fourth-order valence-corrected chi connectivity index (χ4v) is 4.90. The Kier molecular flexibility index (Phi) is 5.52. The van der Waals surface area contributed by atoms with E-state index in [0.29, 0.717) is 22.6 Å². The lowest BCUT2D eigenvalue weighted by Gasteiger charge is -2.26. The quantitative estimate of drug-likeness (QED) is 0.550. The smallest absolute Gasteiger partial charge is 0.262 e. The summed E-state index contributed by atoms with van der Waals surface area (Å²) in [6.45, 7) is 0. The third-order valence-corrected chi connectivity index (χ3v) is 6.34. The number of nitrogens with zero attached hydrogens (tertiary/aromatic N) is 1. The minimum atomic E-state index is -3.55. The van der Waals surface area contributed by atoms with E-state index in [4.69, 9.17) is 9.47 Å². The summed E-state index contributed by atoms with van der Waals surface area (Å²) >= 11 is 0. The van der Waals surface area contributed by atoms with Crippen molar-refractivity contribution < 1.29 is 27.5 Å². The maximum Gasteiger partial charge on any atom is 0.262 e. The molecule has 3 aromatic rings. The first-order valence-corrected chi connectivity index (χ1v) is 11.8. The van der Waals surface area contributed by atoms with Gasteiger partial charge in [-0.05, 0) is 41.0 Å². The molecular formula is C23H22N2O6S. The number of methoxy groups -OCH3 is 2. The number of rotatable bonds is 7. The molecule has 1 N–H and O–H groups in total. The Morgan fingerprint density at radius 3 is 2.31 bits per heavy atom. The molecule has 2 amide bonds. The van der Waals surface area contributed by atoms with Crippen molar-refractivity contribution in [2.75, 3.05) is 26.2 Å². The van der Waals surface area contributed by atoms with Gasteiger partial charge in [0.05, 0.1) is 37.1 Å². The molecule has 8 nitrogen and oxygen atoms in total. The van der Waals surface area contributed by atoms with Gasteiger partial charge in [0.15, 0.2) is 11.5 Å². The van der Waals surface area contributed by atoms with Crippen molar-refractivity contribution in [1.82, 2.24) is 9.88 Å². The topological polar surface area (TPSA) is 106 Å². The molecule has 1 aliphatic heterocycles. The van der Waals surface area contributed by atoms with E-state index in [0.717, 1.165) is 16.7 Å². The number of aromatic amines is 1. The summed E-state index contributed by atoms with van der Waals surface area (Å²) in [5.74, 6) is -0.677. The van der Waals surface area contributed by atoms with Gasteiger partial charge in [-0.15, -0.1) is 0 Å². The van der Waals surface area contributed by atoms with Gasteiger partial charge >= 0.3 is 0 Å². The van der Waals surface area contributed by atoms with Crippen molar-refractivity contribution in [2.24, 2.45) is 0 Å². The zero-order valence-electron chi connectivity index (χ0n) is 17.8. The van der Waals surface area contributed by atoms with E-state index in [2.05, 4.69) is 4.98 Å². The SMILES string of the molecule is COc1ccc(C(CS(C)(=O)=O)N2C(=O)c3cccc(-c4cc[nH]c4)c3C2=O)cc1OC. The Morgan fingerprint density at radius 2 is 1.69 bits per heavy atom. The van der Waals surface area contributed by atoms with Crippen LogP contribution in [0, 0.1) is 0 Å². The zero-order chi connectivity index (χ0) is 23.0. The monoisotopic (exact) mass is 454 g/mol. The lowest BCUT2D eigenvalue weighted by atomic mass is 9.98. The minimum absolute atomic E-state index is 0.243. The molecule has 1 unspecified atom stereocenters. The minimum Gasteiger partial charge on any atom is -0.493 e. The number of amides is 2. The summed E-state index contributed by atoms with van der Waals surface area (Å²) in [5, 5.41) is 0. The van der Waals surface area contributed by atoms with E-state index < -0.39 is 33.4 Å². The van der Waals surface area contributed by atoms with Gasteiger partial charge in [0.2, 0.25) is 0 Å². The van der Waals surface area contributed by atoms with E-state index >= 15 is 0 Å². The van der Waals surface area contributed by atoms with Crippen molar-refractivity contribution in [3.05, 3.63) is 71.5 Å². The largest absolute Gasteiger partial charge is 0.493 e. The average Bonchev–Trinajstić information content (AvgIpc) is 3.38. The van der Waals surface area contributed by atoms with Gasteiger partial charge in [-0.2, -0.15) is 0 Å². The van der Waals surface area contributed by atoms with Crippen LogP contribution in [-0.4, -0.2) is 56.3 Å². The molecule has 0 spiro atoms. The van der Waals surface area contributed by atoms with Crippen molar-refractivity contribution in [1.29, 1.82) is 0 Å². The summed E-state index contributed by atoms with van der Waals surface area (Å²) in [6.07, 6.45) is 4.53. The third-order valence-electron chi connectivity index (χ3n) is 5.42. The number of H-pyrrole nitrogens is 1. The third kappa shape index (κ3) is 3.75. The van der Waals surface area contributed by atoms with E-state index in [1.165, 1.54) is 14.2 Å². The normalized spacial score (nSPS) is 14.4. The van der Waals surface area contributed by atoms with E-state index in [9.17, 15) is 18.0 Å². The first-order valence-electron chi connectivity index (χ1n) is 9.79. The summed E-state index contributed by atoms with van der Waals surface area (Å²) in [6, 6.07) is 10.7. The number of imide groups is 1. The molecule has 0 fully saturated rings. The maximum absolute atomic E-state index is 13.5. The van der Waals surface area contributed by atoms with Gasteiger partial charge in [0.1, 0.15) is 9.84 Å². The number of aromatic nitrogens is 1. The summed E-state index contributed by atoms with van der Waals surface area (Å²) in [7, 11) is -0.614. The molecule has 1 aromatic heterocycles. The lowest BCUT2D eigenvalue weighted by Crippen LogP contribution is -2.37. The number of fused-ring (bicyclic) bond motifs is 1. The molecule has 0 bridgehead atoms. The Morgan fingerprint density at radius 1 is 0.969 bits per heavy atom. The molecule has 0 saturated heterocycles. The highest BCUT2D eigenvalue weighted by Crippen LogP contribution is 2.39. The molecule has 4 rings (SSSR count). The summed E-state index contributed by atoms with van der Waals surface area (Å²) in [4.78, 5) is 30.9. The second kappa shape index (κ2) is 8.16. The number of ether oxygens (including phenoxy) is 2. The molecule has 0 aliphatic carbocycles. The predicted molar refractivity (Wildman–Crippen MR) is 119 cm³/mol. The molecule has 2 heterocycles. The second-order valence-electron chi connectivity index (χ2n) is 7.53. The van der Waals surface area contributed by atoms with Crippen LogP contribution in [0.4, 0.5) is 0 Å². The van der Waals surface area contributed by atoms with Crippen molar-refractivity contribution in [3.8, 4) is 22.6 Å². The fourth-order valence-electron chi connectivity index (χ4n) is 3.99. The Labute approximate surface area is 185 Å². The fraction of sp³-hybridized carbons (Fsp3) is 0.217. The van der Waals surface area contributed by atoms with Gasteiger partial charge < -0.3 is 14.5 Å². The van der Waals surface area contributed by atoms with E-state index in [1.54, 1.807) is 54.9 Å². The zero-order valence-corrected chi connectivity index (χ0v) is 18.6. The first kappa shape index (κ1) is 21.6. The Bertz CT molecular complexity index is 1300. The molecule has 0 saturated carbocycles. The van der Waals surface area contributed by atoms with Crippen LogP contribution in [0.15, 0.2) is 54.9 Å². The molecular weight excluding hydrogens is 432 g/mol. The first-order chi connectivity index (χ1) is 15.2. The molecule has 166 valence electrons. The van der Waals surface area contributed by atoms with Crippen LogP contribution < -0.4 is 9.47 Å². The molecule has 1 atom stereocenters. The maximum atomic E-state index is 13.5. The van der Waals surface area contributed by atoms with E-state index in [-0.39, 0.29) is 11.1 Å². The molecule has 9 heteroatoms. The Balaban J connectivity index is 1.85. The number of carbonyl (C=O) groups is 2. The number of carbonyl (C=O) groups excluding carboxylic acids is 2. The van der Waals surface area contributed by atoms with Crippen LogP contribution in [0.1, 0.15) is 32.3 Å². The number of benzene rings is 2. The van der Waals surface area contributed by atoms with Crippen LogP contribution in [0.25, 0.3) is 11.1 Å². The van der Waals surface area contributed by atoms with Gasteiger partial charge in [-0.25, -0.2) is 8.42 Å². The molecule has 0 radical (unpaired) electrons. The van der Waals surface area contributed by atoms with E-state index in [1.807, 2.05) is 0 Å². The van der Waals surface area contributed by atoms with Crippen molar-refractivity contribution >= 4 is 21.7 Å². The highest BCUT2D eigenvalue weighted by Gasteiger charge is 2.43. The highest BCUT2D eigenvalue weighted by molar-refractivity contribution is 7.90. The van der Waals surface area contributed by atoms with Crippen LogP contribution in [0.5, 0.6) is 11.5 Å². The highest BCUT2D eigenvalue weighted by atomic mass is 32.2. The van der Waals surface area contributed by atoms with Gasteiger partial charge in [-0.1, -0.05) is 18.2 Å². The van der Waals surface area contributed by atoms with Crippen LogP contribution in [0.2, 0.25) is 0 Å². The van der Waals surface area contributed by atoms with Crippen molar-refractivity contribution in [2.45, 2.75) is 6.04 Å². The summed E-state index contributed by atoms with van der Waals surface area (Å²) in [5.41, 5.74) is 2.32. The van der Waals surface area contributed by atoms with Crippen molar-refractivity contribution in [3.63, 3.8) is 0 Å². The Hall–Kier alpha value is -3.59. The second-order valence-corrected chi connectivity index (χ2v) is 9.72. The number of nitrogens with one attached hydrogen (secondary N) is 1. The van der Waals surface area contributed by atoms with Crippen LogP contribution in [-0.2, 0) is 9.84 Å². The standard InChI is InChI=1S/C23H22N2O6S/c1-30-19-8-7-14(11-20(19)31-2)18(13-32(3,28)29)25-22(26)17-6-4-5-16(21(17)23(25)27)15-9-10-24-12-15/h4-12,18,24H,13H2,1-3H3. The summed E-state index contributed by atoms with van der Waals surface area (Å²) < 4.78 is 35.2. The van der Waals surface area contributed by atoms with Gasteiger partial charge in [-0.3, -0.25) is 14.5 Å². The number of hydrogen-bond donors (Lipinski definition) is 1. The van der Waals surface area contributed by atoms with Gasteiger partial charge in [0.25, 0.3) is 11.8 Å². The molecule has 32 heavy (non-hydrogen) atoms. The van der Waals surface area contributed by atoms with Crippen LogP contribution in [0.3, 0.4) is 0 Å². The van der Waals surface area contributed by atoms with Crippen LogP contribution >= 0.6 is 0 Å². The number of hydrogen-bond acceptors (Lipinski definition) is 6. The molecule has 2 aromatic carbocycles. The predicted octanol–water partition coefficient (Wildman–Crippen LogP) is 3.08. The lowest BCUT2D eigenvalue weighted by molar-refractivity contribution is 0.0597. The number of sulfone groups is 1. The van der Waals surface area contributed by atoms with Gasteiger partial charge in [0, 0.05) is 18.6 Å².